The lowest BCUT2D eigenvalue weighted by molar-refractivity contribution is -0.163. The van der Waals surface area contributed by atoms with Crippen molar-refractivity contribution in [3.63, 3.8) is 0 Å². The molecule has 94 valence electrons. The zero-order valence-corrected chi connectivity index (χ0v) is 10.1. The van der Waals surface area contributed by atoms with Crippen molar-refractivity contribution in [3.8, 4) is 11.5 Å². The third-order valence-electron chi connectivity index (χ3n) is 2.20. The first kappa shape index (κ1) is 13.3. The Bertz CT molecular complexity index is 386. The molecule has 1 aromatic rings. The van der Waals surface area contributed by atoms with Gasteiger partial charge in [0, 0.05) is 0 Å². The smallest absolute Gasteiger partial charge is 0.341 e. The Morgan fingerprint density at radius 2 is 1.88 bits per heavy atom. The van der Waals surface area contributed by atoms with Crippen molar-refractivity contribution in [2.75, 3.05) is 20.8 Å². The normalized spacial score (nSPS) is 13.6. The Morgan fingerprint density at radius 3 is 2.41 bits per heavy atom. The van der Waals surface area contributed by atoms with Gasteiger partial charge in [-0.3, -0.25) is 0 Å². The summed E-state index contributed by atoms with van der Waals surface area (Å²) in [4.78, 5) is 11.2. The molecule has 0 aliphatic carbocycles. The maximum absolute atomic E-state index is 11.2. The lowest BCUT2D eigenvalue weighted by Gasteiger charge is -2.21. The second-order valence-corrected chi connectivity index (χ2v) is 3.70. The summed E-state index contributed by atoms with van der Waals surface area (Å²) in [5.74, 6) is 0.250. The number of ether oxygens (including phenoxy) is 3. The first-order valence-corrected chi connectivity index (χ1v) is 5.08. The molecular weight excluding hydrogens is 224 g/mol. The molecule has 0 bridgehead atoms. The largest absolute Gasteiger partial charge is 0.493 e. The lowest BCUT2D eigenvalue weighted by atomic mass is 10.1. The van der Waals surface area contributed by atoms with Crippen LogP contribution in [0.2, 0.25) is 0 Å². The first-order chi connectivity index (χ1) is 8.01. The predicted octanol–water partition coefficient (Wildman–Crippen LogP) is 0.998. The van der Waals surface area contributed by atoms with Crippen LogP contribution in [0.5, 0.6) is 11.5 Å². The number of benzene rings is 1. The van der Waals surface area contributed by atoms with Gasteiger partial charge in [0.05, 0.1) is 14.2 Å². The molecule has 0 fully saturated rings. The van der Waals surface area contributed by atoms with Crippen LogP contribution >= 0.6 is 0 Å². The van der Waals surface area contributed by atoms with Gasteiger partial charge in [0.25, 0.3) is 0 Å². The van der Waals surface area contributed by atoms with Crippen molar-refractivity contribution >= 4 is 5.97 Å². The molecule has 1 N–H and O–H groups in total. The van der Waals surface area contributed by atoms with Crippen LogP contribution < -0.4 is 9.47 Å². The molecule has 1 atom stereocenters. The van der Waals surface area contributed by atoms with E-state index < -0.39 is 11.6 Å². The number of rotatable bonds is 5. The van der Waals surface area contributed by atoms with Crippen LogP contribution in [0.3, 0.4) is 0 Å². The minimum atomic E-state index is -1.68. The third-order valence-corrected chi connectivity index (χ3v) is 2.20. The Hall–Kier alpha value is -1.75. The fraction of sp³-hybridized carbons (Fsp3) is 0.417. The summed E-state index contributed by atoms with van der Waals surface area (Å²) in [6.07, 6.45) is 0. The van der Waals surface area contributed by atoms with Gasteiger partial charge in [-0.2, -0.15) is 0 Å². The molecule has 0 saturated heterocycles. The van der Waals surface area contributed by atoms with Crippen LogP contribution in [-0.4, -0.2) is 37.5 Å². The summed E-state index contributed by atoms with van der Waals surface area (Å²) in [5, 5.41) is 9.77. The van der Waals surface area contributed by atoms with E-state index in [0.29, 0.717) is 11.5 Å². The monoisotopic (exact) mass is 240 g/mol. The van der Waals surface area contributed by atoms with Crippen LogP contribution in [0.15, 0.2) is 24.3 Å². The van der Waals surface area contributed by atoms with E-state index in [2.05, 4.69) is 4.74 Å². The topological polar surface area (TPSA) is 65.0 Å². The highest BCUT2D eigenvalue weighted by atomic mass is 16.6. The number of aliphatic hydroxyl groups is 1. The average Bonchev–Trinajstić information content (AvgIpc) is 2.35. The molecule has 5 heteroatoms. The van der Waals surface area contributed by atoms with Crippen LogP contribution in [-0.2, 0) is 9.53 Å². The minimum absolute atomic E-state index is 0.208. The predicted molar refractivity (Wildman–Crippen MR) is 61.1 cm³/mol. The molecular formula is C12H16O5. The van der Waals surface area contributed by atoms with Gasteiger partial charge in [-0.05, 0) is 19.1 Å². The van der Waals surface area contributed by atoms with Crippen molar-refractivity contribution in [1.29, 1.82) is 0 Å². The molecule has 0 spiro atoms. The van der Waals surface area contributed by atoms with Crippen LogP contribution in [0, 0.1) is 0 Å². The van der Waals surface area contributed by atoms with Gasteiger partial charge in [-0.25, -0.2) is 4.79 Å². The lowest BCUT2D eigenvalue weighted by Crippen LogP contribution is -2.42. The van der Waals surface area contributed by atoms with Gasteiger partial charge in [-0.15, -0.1) is 0 Å². The van der Waals surface area contributed by atoms with E-state index in [0.717, 1.165) is 0 Å². The maximum atomic E-state index is 11.2. The van der Waals surface area contributed by atoms with E-state index in [-0.39, 0.29) is 6.61 Å². The summed E-state index contributed by atoms with van der Waals surface area (Å²) in [5.41, 5.74) is -1.68. The van der Waals surface area contributed by atoms with E-state index in [1.54, 1.807) is 24.3 Å². The zero-order chi connectivity index (χ0) is 12.9. The molecule has 0 heterocycles. The van der Waals surface area contributed by atoms with Gasteiger partial charge in [0.1, 0.15) is 6.61 Å². The Labute approximate surface area is 99.9 Å². The molecule has 1 rings (SSSR count). The summed E-state index contributed by atoms with van der Waals surface area (Å²) >= 11 is 0. The number of para-hydroxylation sites is 2. The summed E-state index contributed by atoms with van der Waals surface area (Å²) in [6, 6.07) is 6.98. The fourth-order valence-electron chi connectivity index (χ4n) is 1.24. The molecule has 17 heavy (non-hydrogen) atoms. The first-order valence-electron chi connectivity index (χ1n) is 5.08. The van der Waals surface area contributed by atoms with Gasteiger partial charge < -0.3 is 19.3 Å². The standard InChI is InChI=1S/C12H16O5/c1-12(14,11(13)16-3)8-17-10-7-5-4-6-9(10)15-2/h4-7,14H,8H2,1-3H3. The van der Waals surface area contributed by atoms with Crippen LogP contribution in [0.1, 0.15) is 6.92 Å². The molecule has 5 nitrogen and oxygen atoms in total. The van der Waals surface area contributed by atoms with E-state index >= 15 is 0 Å². The van der Waals surface area contributed by atoms with E-state index in [4.69, 9.17) is 9.47 Å². The zero-order valence-electron chi connectivity index (χ0n) is 10.1. The minimum Gasteiger partial charge on any atom is -0.493 e. The molecule has 0 aliphatic heterocycles. The molecule has 0 radical (unpaired) electrons. The second-order valence-electron chi connectivity index (χ2n) is 3.70. The van der Waals surface area contributed by atoms with Crippen molar-refractivity contribution in [2.45, 2.75) is 12.5 Å². The van der Waals surface area contributed by atoms with Crippen LogP contribution in [0.4, 0.5) is 0 Å². The third kappa shape index (κ3) is 3.35. The highest BCUT2D eigenvalue weighted by molar-refractivity contribution is 5.78. The molecule has 0 aromatic heterocycles. The number of hydrogen-bond acceptors (Lipinski definition) is 5. The number of hydrogen-bond donors (Lipinski definition) is 1. The van der Waals surface area contributed by atoms with E-state index in [1.165, 1.54) is 21.1 Å². The molecule has 1 aromatic carbocycles. The van der Waals surface area contributed by atoms with Crippen molar-refractivity contribution in [3.05, 3.63) is 24.3 Å². The number of carbonyl (C=O) groups is 1. The fourth-order valence-corrected chi connectivity index (χ4v) is 1.24. The van der Waals surface area contributed by atoms with E-state index in [9.17, 15) is 9.90 Å². The Morgan fingerprint density at radius 1 is 1.29 bits per heavy atom. The summed E-state index contributed by atoms with van der Waals surface area (Å²) in [7, 11) is 2.72. The average molecular weight is 240 g/mol. The van der Waals surface area contributed by atoms with Crippen LogP contribution in [0.25, 0.3) is 0 Å². The number of esters is 1. The van der Waals surface area contributed by atoms with E-state index in [1.807, 2.05) is 0 Å². The Balaban J connectivity index is 2.70. The SMILES string of the molecule is COC(=O)C(C)(O)COc1ccccc1OC. The van der Waals surface area contributed by atoms with Gasteiger partial charge in [0.2, 0.25) is 0 Å². The summed E-state index contributed by atoms with van der Waals surface area (Å²) < 4.78 is 14.9. The maximum Gasteiger partial charge on any atom is 0.341 e. The van der Waals surface area contributed by atoms with Gasteiger partial charge >= 0.3 is 5.97 Å². The molecule has 0 amide bonds. The molecule has 0 aliphatic rings. The number of carbonyl (C=O) groups excluding carboxylic acids is 1. The quantitative estimate of drug-likeness (QED) is 0.778. The highest BCUT2D eigenvalue weighted by Crippen LogP contribution is 2.26. The molecule has 1 unspecified atom stereocenters. The number of methoxy groups -OCH3 is 2. The second kappa shape index (κ2) is 5.54. The Kier molecular flexibility index (Phi) is 4.34. The molecule has 0 saturated carbocycles. The van der Waals surface area contributed by atoms with Crippen molar-refractivity contribution in [1.82, 2.24) is 0 Å². The highest BCUT2D eigenvalue weighted by Gasteiger charge is 2.32. The van der Waals surface area contributed by atoms with Gasteiger partial charge in [0.15, 0.2) is 17.1 Å². The summed E-state index contributed by atoms with van der Waals surface area (Å²) in [6.45, 7) is 1.12. The van der Waals surface area contributed by atoms with Gasteiger partial charge in [-0.1, -0.05) is 12.1 Å². The van der Waals surface area contributed by atoms with Crippen molar-refractivity contribution < 1.29 is 24.1 Å². The van der Waals surface area contributed by atoms with Crippen molar-refractivity contribution in [2.24, 2.45) is 0 Å².